The molecule has 0 spiro atoms. The minimum atomic E-state index is -4.92. The summed E-state index contributed by atoms with van der Waals surface area (Å²) in [5.41, 5.74) is -3.06. The van der Waals surface area contributed by atoms with Crippen molar-refractivity contribution in [2.75, 3.05) is 13.1 Å². The van der Waals surface area contributed by atoms with Gasteiger partial charge in [-0.1, -0.05) is 13.3 Å². The van der Waals surface area contributed by atoms with E-state index in [0.717, 1.165) is 4.57 Å². The van der Waals surface area contributed by atoms with E-state index in [1.807, 2.05) is 6.92 Å². The number of benzene rings is 1. The smallest absolute Gasteiger partial charge is 0.435 e. The SMILES string of the molecule is CCCCNC(=O)c1nc(C(F)(F)F)c2n1C(C(=O)CC(Cc1cc(F)c(F)cc1F)NC(=O)OC(C)(C)C)CNC2. The molecule has 15 heteroatoms. The molecule has 0 saturated carbocycles. The van der Waals surface area contributed by atoms with Crippen molar-refractivity contribution in [3.63, 3.8) is 0 Å². The second-order valence-corrected chi connectivity index (χ2v) is 10.9. The number of carbonyl (C=O) groups is 3. The molecule has 2 atom stereocenters. The summed E-state index contributed by atoms with van der Waals surface area (Å²) < 4.78 is 89.5. The van der Waals surface area contributed by atoms with E-state index in [4.69, 9.17) is 4.74 Å². The van der Waals surface area contributed by atoms with Crippen molar-refractivity contribution >= 4 is 17.8 Å². The van der Waals surface area contributed by atoms with Crippen LogP contribution in [0.15, 0.2) is 12.1 Å². The second-order valence-electron chi connectivity index (χ2n) is 10.9. The first-order chi connectivity index (χ1) is 19.5. The number of amides is 2. The molecule has 1 aliphatic rings. The lowest BCUT2D eigenvalue weighted by molar-refractivity contribution is -0.142. The first-order valence-corrected chi connectivity index (χ1v) is 13.3. The molecule has 2 amide bonds. The lowest BCUT2D eigenvalue weighted by Gasteiger charge is -2.29. The van der Waals surface area contributed by atoms with E-state index in [1.165, 1.54) is 0 Å². The zero-order chi connectivity index (χ0) is 31.4. The third-order valence-electron chi connectivity index (χ3n) is 6.34. The zero-order valence-electron chi connectivity index (χ0n) is 23.6. The number of unbranched alkanes of at least 4 members (excludes halogenated alkanes) is 1. The number of fused-ring (bicyclic) bond motifs is 1. The van der Waals surface area contributed by atoms with Gasteiger partial charge in [-0.2, -0.15) is 13.2 Å². The number of imidazole rings is 1. The molecule has 0 saturated heterocycles. The molecule has 3 N–H and O–H groups in total. The van der Waals surface area contributed by atoms with E-state index in [9.17, 15) is 40.7 Å². The van der Waals surface area contributed by atoms with Gasteiger partial charge in [-0.15, -0.1) is 0 Å². The number of ether oxygens (including phenoxy) is 1. The van der Waals surface area contributed by atoms with E-state index in [2.05, 4.69) is 20.9 Å². The Labute approximate surface area is 238 Å². The molecule has 2 aromatic rings. The van der Waals surface area contributed by atoms with Gasteiger partial charge >= 0.3 is 12.3 Å². The van der Waals surface area contributed by atoms with Crippen LogP contribution in [0.3, 0.4) is 0 Å². The number of Topliss-reactive ketones (excluding diaryl/α,β-unsaturated/α-hetero) is 1. The average Bonchev–Trinajstić information content (AvgIpc) is 3.27. The molecule has 2 unspecified atom stereocenters. The van der Waals surface area contributed by atoms with Gasteiger partial charge in [-0.3, -0.25) is 9.59 Å². The number of ketones is 1. The van der Waals surface area contributed by atoms with Crippen LogP contribution in [0.2, 0.25) is 0 Å². The molecule has 1 aromatic carbocycles. The molecular weight excluding hydrogens is 572 g/mol. The number of carbonyl (C=O) groups excluding carboxylic acids is 3. The summed E-state index contributed by atoms with van der Waals surface area (Å²) in [6.45, 7) is 6.25. The Morgan fingerprint density at radius 2 is 1.79 bits per heavy atom. The second kappa shape index (κ2) is 13.1. The third-order valence-corrected chi connectivity index (χ3v) is 6.34. The summed E-state index contributed by atoms with van der Waals surface area (Å²) >= 11 is 0. The predicted molar refractivity (Wildman–Crippen MR) is 138 cm³/mol. The topological polar surface area (TPSA) is 114 Å². The van der Waals surface area contributed by atoms with Gasteiger partial charge in [0.1, 0.15) is 17.5 Å². The van der Waals surface area contributed by atoms with Crippen LogP contribution < -0.4 is 16.0 Å². The molecule has 42 heavy (non-hydrogen) atoms. The van der Waals surface area contributed by atoms with Crippen LogP contribution in [0, 0.1) is 17.5 Å². The van der Waals surface area contributed by atoms with Crippen molar-refractivity contribution in [1.29, 1.82) is 0 Å². The highest BCUT2D eigenvalue weighted by Gasteiger charge is 2.43. The quantitative estimate of drug-likeness (QED) is 0.208. The molecule has 232 valence electrons. The molecule has 3 rings (SSSR count). The molecule has 0 fully saturated rings. The van der Waals surface area contributed by atoms with Gasteiger partial charge in [-0.05, 0) is 45.2 Å². The van der Waals surface area contributed by atoms with Crippen molar-refractivity contribution in [1.82, 2.24) is 25.5 Å². The molecule has 1 aromatic heterocycles. The fraction of sp³-hybridized carbons (Fsp3) is 0.556. The zero-order valence-corrected chi connectivity index (χ0v) is 23.6. The lowest BCUT2D eigenvalue weighted by atomic mass is 9.96. The van der Waals surface area contributed by atoms with E-state index >= 15 is 0 Å². The van der Waals surface area contributed by atoms with Crippen LogP contribution in [0.5, 0.6) is 0 Å². The first kappa shape index (κ1) is 32.9. The fourth-order valence-electron chi connectivity index (χ4n) is 4.51. The largest absolute Gasteiger partial charge is 0.444 e. The van der Waals surface area contributed by atoms with Crippen molar-refractivity contribution in [2.24, 2.45) is 0 Å². The number of hydrogen-bond donors (Lipinski definition) is 3. The average molecular weight is 606 g/mol. The highest BCUT2D eigenvalue weighted by molar-refractivity contribution is 5.93. The van der Waals surface area contributed by atoms with Crippen molar-refractivity contribution < 1.29 is 45.5 Å². The monoisotopic (exact) mass is 605 g/mol. The number of nitrogens with one attached hydrogen (secondary N) is 3. The summed E-state index contributed by atoms with van der Waals surface area (Å²) in [6, 6.07) is -1.70. The molecule has 9 nitrogen and oxygen atoms in total. The van der Waals surface area contributed by atoms with Crippen LogP contribution in [-0.2, 0) is 28.7 Å². The molecule has 0 radical (unpaired) electrons. The number of rotatable bonds is 10. The van der Waals surface area contributed by atoms with Gasteiger partial charge in [0.15, 0.2) is 23.1 Å². The summed E-state index contributed by atoms with van der Waals surface area (Å²) in [4.78, 5) is 42.6. The van der Waals surface area contributed by atoms with Gasteiger partial charge in [-0.25, -0.2) is 22.9 Å². The fourth-order valence-corrected chi connectivity index (χ4v) is 4.51. The Balaban J connectivity index is 1.97. The van der Waals surface area contributed by atoms with E-state index < -0.39 is 89.2 Å². The van der Waals surface area contributed by atoms with Crippen molar-refractivity contribution in [2.45, 2.75) is 83.8 Å². The van der Waals surface area contributed by atoms with E-state index in [0.29, 0.717) is 25.0 Å². The number of alkyl carbamates (subject to hydrolysis) is 1. The summed E-state index contributed by atoms with van der Waals surface area (Å²) in [6.07, 6.45) is -5.71. The third kappa shape index (κ3) is 8.23. The van der Waals surface area contributed by atoms with Gasteiger partial charge in [0.2, 0.25) is 5.82 Å². The number of halogens is 6. The summed E-state index contributed by atoms with van der Waals surface area (Å²) in [5, 5.41) is 7.65. The van der Waals surface area contributed by atoms with E-state index in [1.54, 1.807) is 20.8 Å². The van der Waals surface area contributed by atoms with E-state index in [-0.39, 0.29) is 25.2 Å². The molecule has 0 aliphatic carbocycles. The van der Waals surface area contributed by atoms with Crippen LogP contribution in [-0.4, -0.2) is 52.1 Å². The number of aromatic nitrogens is 2. The van der Waals surface area contributed by atoms with Crippen LogP contribution >= 0.6 is 0 Å². The van der Waals surface area contributed by atoms with Crippen LogP contribution in [0.1, 0.15) is 80.6 Å². The maximum absolute atomic E-state index is 14.5. The Morgan fingerprint density at radius 1 is 1.12 bits per heavy atom. The highest BCUT2D eigenvalue weighted by Crippen LogP contribution is 2.35. The van der Waals surface area contributed by atoms with Crippen LogP contribution in [0.4, 0.5) is 31.1 Å². The normalized spacial score (nSPS) is 16.0. The number of alkyl halides is 3. The predicted octanol–water partition coefficient (Wildman–Crippen LogP) is 4.59. The van der Waals surface area contributed by atoms with Gasteiger partial charge in [0.25, 0.3) is 5.91 Å². The Morgan fingerprint density at radius 3 is 2.40 bits per heavy atom. The number of nitrogens with zero attached hydrogens (tertiary/aromatic N) is 2. The molecular formula is C27H33F6N5O4. The standard InChI is InChI=1S/C27H33F6N5O4/c1-5-6-7-35-24(40)23-37-22(27(31,32)33)20-13-34-12-19(38(20)23)21(39)10-15(36-25(41)42-26(2,3)4)8-14-9-17(29)18(30)11-16(14)28/h9,11,15,19,34H,5-8,10,12-13H2,1-4H3,(H,35,40)(H,36,41). The summed E-state index contributed by atoms with van der Waals surface area (Å²) in [7, 11) is 0. The van der Waals surface area contributed by atoms with Gasteiger partial charge in [0, 0.05) is 38.2 Å². The lowest BCUT2D eigenvalue weighted by Crippen LogP contribution is -2.45. The van der Waals surface area contributed by atoms with Crippen LogP contribution in [0.25, 0.3) is 0 Å². The Bertz CT molecular complexity index is 1320. The molecule has 1 aliphatic heterocycles. The highest BCUT2D eigenvalue weighted by atomic mass is 19.4. The van der Waals surface area contributed by atoms with Gasteiger partial charge < -0.3 is 25.3 Å². The minimum absolute atomic E-state index is 0.173. The first-order valence-electron chi connectivity index (χ1n) is 13.3. The molecule has 2 heterocycles. The Hall–Kier alpha value is -3.62. The minimum Gasteiger partial charge on any atom is -0.444 e. The molecule has 0 bridgehead atoms. The maximum atomic E-state index is 14.5. The van der Waals surface area contributed by atoms with Crippen molar-refractivity contribution in [3.8, 4) is 0 Å². The summed E-state index contributed by atoms with van der Waals surface area (Å²) in [5.74, 6) is -6.15. The van der Waals surface area contributed by atoms with Gasteiger partial charge in [0.05, 0.1) is 5.69 Å². The number of hydrogen-bond acceptors (Lipinski definition) is 6. The Kier molecular flexibility index (Phi) is 10.3. The van der Waals surface area contributed by atoms with Crippen molar-refractivity contribution in [3.05, 3.63) is 52.4 Å². The maximum Gasteiger partial charge on any atom is 0.435 e.